The molecule has 2 heterocycles. The smallest absolute Gasteiger partial charge is 0.417 e. The zero-order chi connectivity index (χ0) is 21.6. The van der Waals surface area contributed by atoms with Gasteiger partial charge < -0.3 is 9.47 Å². The topological polar surface area (TPSA) is 55.8 Å². The zero-order valence-electron chi connectivity index (χ0n) is 18.4. The number of amides is 2. The molecule has 158 valence electrons. The zero-order valence-corrected chi connectivity index (χ0v) is 18.4. The van der Waals surface area contributed by atoms with E-state index >= 15 is 0 Å². The molecular weight excluding hydrogens is 378 g/mol. The lowest BCUT2D eigenvalue weighted by atomic mass is 9.84. The molecule has 0 spiro atoms. The van der Waals surface area contributed by atoms with Crippen LogP contribution in [0, 0.1) is 27.7 Å². The molecular formula is C25H29NO4. The van der Waals surface area contributed by atoms with Gasteiger partial charge in [-0.15, -0.1) is 0 Å². The first kappa shape index (κ1) is 20.5. The van der Waals surface area contributed by atoms with Gasteiger partial charge in [0.25, 0.3) is 5.91 Å². The number of ether oxygens (including phenoxy) is 2. The van der Waals surface area contributed by atoms with Crippen LogP contribution in [0.1, 0.15) is 46.7 Å². The fourth-order valence-electron chi connectivity index (χ4n) is 4.59. The fraction of sp³-hybridized carbons (Fsp3) is 0.440. The summed E-state index contributed by atoms with van der Waals surface area (Å²) in [5, 5.41) is 0. The molecule has 2 aromatic carbocycles. The highest BCUT2D eigenvalue weighted by Gasteiger charge is 2.49. The molecule has 30 heavy (non-hydrogen) atoms. The van der Waals surface area contributed by atoms with Crippen molar-refractivity contribution in [2.75, 3.05) is 6.61 Å². The lowest BCUT2D eigenvalue weighted by Gasteiger charge is -2.39. The van der Waals surface area contributed by atoms with Gasteiger partial charge in [-0.25, -0.2) is 9.69 Å². The van der Waals surface area contributed by atoms with E-state index in [4.69, 9.17) is 9.47 Å². The number of benzene rings is 2. The molecule has 4 rings (SSSR count). The van der Waals surface area contributed by atoms with Crippen LogP contribution in [0.25, 0.3) is 0 Å². The maximum absolute atomic E-state index is 13.6. The molecule has 5 heteroatoms. The molecule has 0 saturated carbocycles. The number of nitrogens with zero attached hydrogens (tertiary/aromatic N) is 1. The van der Waals surface area contributed by atoms with Crippen LogP contribution in [-0.2, 0) is 22.4 Å². The van der Waals surface area contributed by atoms with Crippen molar-refractivity contribution >= 4 is 12.0 Å². The maximum atomic E-state index is 13.6. The van der Waals surface area contributed by atoms with E-state index in [0.717, 1.165) is 23.3 Å². The standard InChI is InChI=1S/C25H29NO4/c1-15-16(2)18(4)22-21(17(15)3)11-12-25(5,30-22)23(27)26-20(14-29-24(26)28)13-19-9-7-6-8-10-19/h6-10,20H,11-14H2,1-5H3/t20-,25-/m0/s1. The third kappa shape index (κ3) is 3.26. The van der Waals surface area contributed by atoms with E-state index in [1.807, 2.05) is 37.3 Å². The summed E-state index contributed by atoms with van der Waals surface area (Å²) in [4.78, 5) is 27.4. The highest BCUT2D eigenvalue weighted by Crippen LogP contribution is 2.42. The second-order valence-corrected chi connectivity index (χ2v) is 8.74. The van der Waals surface area contributed by atoms with Crippen LogP contribution < -0.4 is 4.74 Å². The van der Waals surface area contributed by atoms with Gasteiger partial charge in [-0.3, -0.25) is 4.79 Å². The van der Waals surface area contributed by atoms with Crippen LogP contribution >= 0.6 is 0 Å². The SMILES string of the molecule is Cc1c(C)c(C)c2c(c1C)CC[C@@](C)(C(=O)N1C(=O)OC[C@@H]1Cc1ccccc1)O2. The van der Waals surface area contributed by atoms with Gasteiger partial charge in [0.2, 0.25) is 0 Å². The summed E-state index contributed by atoms with van der Waals surface area (Å²) in [6.45, 7) is 10.4. The average molecular weight is 408 g/mol. The first-order chi connectivity index (χ1) is 14.2. The highest BCUT2D eigenvalue weighted by atomic mass is 16.6. The van der Waals surface area contributed by atoms with Gasteiger partial charge in [0.1, 0.15) is 12.4 Å². The molecule has 2 atom stereocenters. The first-order valence-electron chi connectivity index (χ1n) is 10.6. The number of carbonyl (C=O) groups excluding carboxylic acids is 2. The largest absolute Gasteiger partial charge is 0.477 e. The van der Waals surface area contributed by atoms with Crippen LogP contribution in [-0.4, -0.2) is 35.2 Å². The molecule has 2 aliphatic rings. The molecule has 5 nitrogen and oxygen atoms in total. The summed E-state index contributed by atoms with van der Waals surface area (Å²) >= 11 is 0. The Morgan fingerprint density at radius 1 is 1.07 bits per heavy atom. The van der Waals surface area contributed by atoms with E-state index in [9.17, 15) is 9.59 Å². The highest BCUT2D eigenvalue weighted by molar-refractivity contribution is 5.98. The molecule has 2 aromatic rings. The van der Waals surface area contributed by atoms with Crippen LogP contribution in [0.4, 0.5) is 4.79 Å². The predicted octanol–water partition coefficient (Wildman–Crippen LogP) is 4.59. The Morgan fingerprint density at radius 3 is 2.43 bits per heavy atom. The van der Waals surface area contributed by atoms with Crippen molar-refractivity contribution in [3.8, 4) is 5.75 Å². The number of carbonyl (C=O) groups is 2. The van der Waals surface area contributed by atoms with Crippen molar-refractivity contribution < 1.29 is 19.1 Å². The van der Waals surface area contributed by atoms with Crippen molar-refractivity contribution in [1.82, 2.24) is 4.90 Å². The van der Waals surface area contributed by atoms with Gasteiger partial charge in [-0.2, -0.15) is 0 Å². The lowest BCUT2D eigenvalue weighted by Crippen LogP contribution is -2.55. The van der Waals surface area contributed by atoms with Gasteiger partial charge in [0.05, 0.1) is 6.04 Å². The van der Waals surface area contributed by atoms with Crippen molar-refractivity contribution in [2.45, 2.75) is 65.5 Å². The van der Waals surface area contributed by atoms with Crippen LogP contribution in [0.2, 0.25) is 0 Å². The van der Waals surface area contributed by atoms with Crippen molar-refractivity contribution in [3.63, 3.8) is 0 Å². The molecule has 0 radical (unpaired) electrons. The molecule has 0 unspecified atom stereocenters. The second kappa shape index (κ2) is 7.46. The van der Waals surface area contributed by atoms with E-state index in [0.29, 0.717) is 12.8 Å². The lowest BCUT2D eigenvalue weighted by molar-refractivity contribution is -0.146. The van der Waals surface area contributed by atoms with Gasteiger partial charge in [-0.1, -0.05) is 30.3 Å². The monoisotopic (exact) mass is 407 g/mol. The van der Waals surface area contributed by atoms with Gasteiger partial charge in [0.15, 0.2) is 5.60 Å². The number of hydrogen-bond acceptors (Lipinski definition) is 4. The Bertz CT molecular complexity index is 1010. The normalized spacial score (nSPS) is 23.0. The summed E-state index contributed by atoms with van der Waals surface area (Å²) < 4.78 is 11.7. The van der Waals surface area contributed by atoms with Crippen molar-refractivity contribution in [1.29, 1.82) is 0 Å². The maximum Gasteiger partial charge on any atom is 0.417 e. The van der Waals surface area contributed by atoms with E-state index in [1.54, 1.807) is 6.92 Å². The van der Waals surface area contributed by atoms with Crippen LogP contribution in [0.5, 0.6) is 5.75 Å². The third-order valence-electron chi connectivity index (χ3n) is 6.88. The number of fused-ring (bicyclic) bond motifs is 1. The molecule has 0 bridgehead atoms. The number of cyclic esters (lactones) is 1. The van der Waals surface area contributed by atoms with Gasteiger partial charge >= 0.3 is 6.09 Å². The quantitative estimate of drug-likeness (QED) is 0.747. The molecule has 2 aliphatic heterocycles. The minimum Gasteiger partial charge on any atom is -0.477 e. The molecule has 1 fully saturated rings. The molecule has 1 saturated heterocycles. The van der Waals surface area contributed by atoms with Crippen LogP contribution in [0.15, 0.2) is 30.3 Å². The summed E-state index contributed by atoms with van der Waals surface area (Å²) in [6.07, 6.45) is 1.27. The van der Waals surface area contributed by atoms with E-state index in [2.05, 4.69) is 20.8 Å². The Hall–Kier alpha value is -2.82. The van der Waals surface area contributed by atoms with Crippen molar-refractivity contribution in [2.24, 2.45) is 0 Å². The Morgan fingerprint density at radius 2 is 1.73 bits per heavy atom. The molecule has 0 aromatic heterocycles. The number of imide groups is 1. The average Bonchev–Trinajstić information content (AvgIpc) is 3.10. The minimum atomic E-state index is -1.09. The summed E-state index contributed by atoms with van der Waals surface area (Å²) in [7, 11) is 0. The Labute approximate surface area is 178 Å². The van der Waals surface area contributed by atoms with Crippen molar-refractivity contribution in [3.05, 3.63) is 63.7 Å². The molecule has 0 N–H and O–H groups in total. The van der Waals surface area contributed by atoms with E-state index in [1.165, 1.54) is 27.2 Å². The first-order valence-corrected chi connectivity index (χ1v) is 10.6. The third-order valence-corrected chi connectivity index (χ3v) is 6.88. The van der Waals surface area contributed by atoms with E-state index < -0.39 is 11.7 Å². The Kier molecular flexibility index (Phi) is 5.08. The fourth-order valence-corrected chi connectivity index (χ4v) is 4.59. The molecule has 0 aliphatic carbocycles. The second-order valence-electron chi connectivity index (χ2n) is 8.74. The van der Waals surface area contributed by atoms with Gasteiger partial charge in [0, 0.05) is 6.42 Å². The van der Waals surface area contributed by atoms with Crippen LogP contribution in [0.3, 0.4) is 0 Å². The van der Waals surface area contributed by atoms with Gasteiger partial charge in [-0.05, 0) is 80.8 Å². The number of hydrogen-bond donors (Lipinski definition) is 0. The summed E-state index contributed by atoms with van der Waals surface area (Å²) in [5.74, 6) is 0.483. The summed E-state index contributed by atoms with van der Waals surface area (Å²) in [6, 6.07) is 9.53. The summed E-state index contributed by atoms with van der Waals surface area (Å²) in [5.41, 5.74) is 5.90. The predicted molar refractivity (Wildman–Crippen MR) is 115 cm³/mol. The number of rotatable bonds is 3. The van der Waals surface area contributed by atoms with E-state index in [-0.39, 0.29) is 18.6 Å². The minimum absolute atomic E-state index is 0.211. The Balaban J connectivity index is 1.63. The molecule has 2 amide bonds.